The smallest absolute Gasteiger partial charge is 0.265 e. The van der Waals surface area contributed by atoms with Gasteiger partial charge < -0.3 is 10.1 Å². The minimum atomic E-state index is -0.358. The van der Waals surface area contributed by atoms with Gasteiger partial charge >= 0.3 is 0 Å². The van der Waals surface area contributed by atoms with Gasteiger partial charge in [-0.1, -0.05) is 32.4 Å². The second kappa shape index (κ2) is 8.18. The van der Waals surface area contributed by atoms with Crippen molar-refractivity contribution >= 4 is 45.4 Å². The van der Waals surface area contributed by atoms with Gasteiger partial charge in [-0.2, -0.15) is 5.26 Å². The summed E-state index contributed by atoms with van der Waals surface area (Å²) in [5.74, 6) is 0.378. The lowest BCUT2D eigenvalue weighted by Gasteiger charge is -2.33. The van der Waals surface area contributed by atoms with Gasteiger partial charge in [-0.3, -0.25) is 14.5 Å². The number of nitriles is 1. The number of nitrogens with one attached hydrogen (secondary N) is 1. The predicted molar refractivity (Wildman–Crippen MR) is 122 cm³/mol. The topological polar surface area (TPSA) is 82.4 Å². The largest absolute Gasteiger partial charge is 0.482 e. The molecule has 2 heterocycles. The molecule has 8 heteroatoms. The van der Waals surface area contributed by atoms with E-state index >= 15 is 0 Å². The van der Waals surface area contributed by atoms with E-state index in [1.807, 2.05) is 0 Å². The lowest BCUT2D eigenvalue weighted by atomic mass is 9.72. The van der Waals surface area contributed by atoms with Crippen LogP contribution in [0.25, 0.3) is 0 Å². The number of rotatable bonds is 3. The Hall–Kier alpha value is -2.56. The summed E-state index contributed by atoms with van der Waals surface area (Å²) in [6.07, 6.45) is 2.80. The highest BCUT2D eigenvalue weighted by Crippen LogP contribution is 2.44. The molecular weight excluding hydrogens is 434 g/mol. The average Bonchev–Trinajstić information content (AvgIpc) is 3.05. The number of fused-ring (bicyclic) bond motifs is 2. The van der Waals surface area contributed by atoms with Crippen LogP contribution in [-0.4, -0.2) is 25.0 Å². The van der Waals surface area contributed by atoms with Gasteiger partial charge in [-0.15, -0.1) is 11.3 Å². The molecule has 162 valence electrons. The minimum Gasteiger partial charge on any atom is -0.482 e. The number of anilines is 2. The van der Waals surface area contributed by atoms with Crippen molar-refractivity contribution in [1.29, 1.82) is 5.26 Å². The summed E-state index contributed by atoms with van der Waals surface area (Å²) in [4.78, 5) is 27.8. The number of thiophene rings is 1. The zero-order chi connectivity index (χ0) is 22.3. The molecule has 4 rings (SSSR count). The summed E-state index contributed by atoms with van der Waals surface area (Å²) in [6, 6.07) is 7.24. The summed E-state index contributed by atoms with van der Waals surface area (Å²) in [7, 11) is 0. The van der Waals surface area contributed by atoms with Crippen LogP contribution in [0.2, 0.25) is 5.02 Å². The maximum atomic E-state index is 12.8. The van der Waals surface area contributed by atoms with E-state index in [0.717, 1.165) is 24.8 Å². The lowest BCUT2D eigenvalue weighted by Crippen LogP contribution is -2.43. The van der Waals surface area contributed by atoms with Crippen LogP contribution in [0, 0.1) is 22.7 Å². The molecule has 0 radical (unpaired) electrons. The molecule has 0 saturated heterocycles. The maximum Gasteiger partial charge on any atom is 0.265 e. The standard InChI is InChI=1S/C23H24ClN3O3S/c1-23(2,3)13-4-6-15-16(10-25)22(31-19(15)8-13)26-20(28)11-27-17-9-14(24)5-7-18(17)30-12-21(27)29/h5,7,9,13H,4,6,8,11-12H2,1-3H3,(H,26,28)/t13-/m0/s1. The fourth-order valence-corrected chi connectivity index (χ4v) is 5.65. The third-order valence-electron chi connectivity index (χ3n) is 6.02. The SMILES string of the molecule is CC(C)(C)[C@H]1CCc2c(sc(NC(=O)CN3C(=O)COc4ccc(Cl)cc43)c2C#N)C1. The third-order valence-corrected chi connectivity index (χ3v) is 7.43. The van der Waals surface area contributed by atoms with Crippen molar-refractivity contribution in [2.24, 2.45) is 11.3 Å². The highest BCUT2D eigenvalue weighted by Gasteiger charge is 2.33. The zero-order valence-corrected chi connectivity index (χ0v) is 19.3. The Balaban J connectivity index is 1.54. The molecule has 31 heavy (non-hydrogen) atoms. The van der Waals surface area contributed by atoms with Crippen LogP contribution < -0.4 is 15.0 Å². The monoisotopic (exact) mass is 457 g/mol. The number of amides is 2. The fourth-order valence-electron chi connectivity index (χ4n) is 4.19. The molecule has 1 N–H and O–H groups in total. The number of carbonyl (C=O) groups excluding carboxylic acids is 2. The van der Waals surface area contributed by atoms with Gasteiger partial charge in [0.2, 0.25) is 5.91 Å². The second-order valence-corrected chi connectivity index (χ2v) is 10.6. The van der Waals surface area contributed by atoms with Gasteiger partial charge in [0, 0.05) is 9.90 Å². The van der Waals surface area contributed by atoms with E-state index in [2.05, 4.69) is 32.2 Å². The van der Waals surface area contributed by atoms with Crippen molar-refractivity contribution in [3.63, 3.8) is 0 Å². The first-order valence-electron chi connectivity index (χ1n) is 10.2. The van der Waals surface area contributed by atoms with Crippen LogP contribution >= 0.6 is 22.9 Å². The van der Waals surface area contributed by atoms with E-state index in [-0.39, 0.29) is 30.4 Å². The van der Waals surface area contributed by atoms with Gasteiger partial charge in [-0.05, 0) is 54.4 Å². The highest BCUT2D eigenvalue weighted by molar-refractivity contribution is 7.16. The van der Waals surface area contributed by atoms with Crippen molar-refractivity contribution in [2.75, 3.05) is 23.4 Å². The molecule has 2 aromatic rings. The maximum absolute atomic E-state index is 12.8. The summed E-state index contributed by atoms with van der Waals surface area (Å²) >= 11 is 7.55. The summed E-state index contributed by atoms with van der Waals surface area (Å²) in [5.41, 5.74) is 2.28. The molecule has 0 unspecified atom stereocenters. The van der Waals surface area contributed by atoms with Crippen LogP contribution in [0.4, 0.5) is 10.7 Å². The third kappa shape index (κ3) is 4.28. The molecule has 0 spiro atoms. The van der Waals surface area contributed by atoms with Crippen LogP contribution in [0.3, 0.4) is 0 Å². The Labute approximate surface area is 190 Å². The molecule has 2 aliphatic rings. The highest BCUT2D eigenvalue weighted by atomic mass is 35.5. The average molecular weight is 458 g/mol. The van der Waals surface area contributed by atoms with E-state index < -0.39 is 0 Å². The number of hydrogen-bond donors (Lipinski definition) is 1. The van der Waals surface area contributed by atoms with Gasteiger partial charge in [0.25, 0.3) is 5.91 Å². The van der Waals surface area contributed by atoms with Crippen molar-refractivity contribution in [1.82, 2.24) is 0 Å². The molecule has 1 aliphatic carbocycles. The first-order valence-corrected chi connectivity index (χ1v) is 11.4. The van der Waals surface area contributed by atoms with Gasteiger partial charge in [0.1, 0.15) is 23.4 Å². The number of carbonyl (C=O) groups is 2. The molecule has 2 amide bonds. The van der Waals surface area contributed by atoms with Crippen LogP contribution in [0.5, 0.6) is 5.75 Å². The van der Waals surface area contributed by atoms with E-state index in [1.165, 1.54) is 21.1 Å². The Kier molecular flexibility index (Phi) is 5.71. The van der Waals surface area contributed by atoms with Gasteiger partial charge in [-0.25, -0.2) is 0 Å². The normalized spacial score (nSPS) is 18.0. The molecular formula is C23H24ClN3O3S. The Morgan fingerprint density at radius 1 is 1.42 bits per heavy atom. The van der Waals surface area contributed by atoms with Crippen LogP contribution in [0.1, 0.15) is 43.2 Å². The fraction of sp³-hybridized carbons (Fsp3) is 0.435. The van der Waals surface area contributed by atoms with Crippen molar-refractivity contribution in [2.45, 2.75) is 40.0 Å². The molecule has 0 saturated carbocycles. The number of halogens is 1. The van der Waals surface area contributed by atoms with Gasteiger partial charge in [0.05, 0.1) is 11.3 Å². The van der Waals surface area contributed by atoms with E-state index in [4.69, 9.17) is 16.3 Å². The number of benzene rings is 1. The molecule has 1 aromatic carbocycles. The molecule has 1 atom stereocenters. The van der Waals surface area contributed by atoms with Crippen LogP contribution in [-0.2, 0) is 22.4 Å². The Bertz CT molecular complexity index is 1100. The Morgan fingerprint density at radius 3 is 2.90 bits per heavy atom. The molecule has 6 nitrogen and oxygen atoms in total. The van der Waals surface area contributed by atoms with Crippen molar-refractivity contribution in [3.8, 4) is 11.8 Å². The summed E-state index contributed by atoms with van der Waals surface area (Å²) in [5, 5.41) is 13.6. The van der Waals surface area contributed by atoms with Gasteiger partial charge in [0.15, 0.2) is 6.61 Å². The van der Waals surface area contributed by atoms with Crippen molar-refractivity contribution < 1.29 is 14.3 Å². The molecule has 0 bridgehead atoms. The number of hydrogen-bond acceptors (Lipinski definition) is 5. The summed E-state index contributed by atoms with van der Waals surface area (Å²) in [6.45, 7) is 6.43. The molecule has 0 fully saturated rings. The number of nitrogens with zero attached hydrogens (tertiary/aromatic N) is 2. The quantitative estimate of drug-likeness (QED) is 0.718. The summed E-state index contributed by atoms with van der Waals surface area (Å²) < 4.78 is 5.43. The molecule has 1 aliphatic heterocycles. The van der Waals surface area contributed by atoms with E-state index in [1.54, 1.807) is 18.2 Å². The minimum absolute atomic E-state index is 0.132. The number of ether oxygens (including phenoxy) is 1. The van der Waals surface area contributed by atoms with E-state index in [9.17, 15) is 14.9 Å². The first-order chi connectivity index (χ1) is 14.7. The Morgan fingerprint density at radius 2 is 2.19 bits per heavy atom. The second-order valence-electron chi connectivity index (χ2n) is 9.05. The predicted octanol–water partition coefficient (Wildman–Crippen LogP) is 4.79. The lowest BCUT2D eigenvalue weighted by molar-refractivity contribution is -0.123. The van der Waals surface area contributed by atoms with Crippen molar-refractivity contribution in [3.05, 3.63) is 39.2 Å². The first kappa shape index (κ1) is 21.7. The van der Waals surface area contributed by atoms with Crippen LogP contribution in [0.15, 0.2) is 18.2 Å². The molecule has 1 aromatic heterocycles. The zero-order valence-electron chi connectivity index (χ0n) is 17.8. The van der Waals surface area contributed by atoms with E-state index in [0.29, 0.717) is 32.9 Å².